The largest absolute Gasteiger partial charge is 0.329 e. The molecule has 2 rings (SSSR count). The van der Waals surface area contributed by atoms with Crippen molar-refractivity contribution in [1.29, 1.82) is 0 Å². The highest BCUT2D eigenvalue weighted by Crippen LogP contribution is 2.37. The van der Waals surface area contributed by atoms with Crippen molar-refractivity contribution in [2.45, 2.75) is 58.0 Å². The minimum absolute atomic E-state index is 0.191. The van der Waals surface area contributed by atoms with Gasteiger partial charge in [0.15, 0.2) is 0 Å². The summed E-state index contributed by atoms with van der Waals surface area (Å²) in [4.78, 5) is 7.05. The number of nitrogens with two attached hydrogens (primary N) is 1. The Morgan fingerprint density at radius 1 is 1.58 bits per heavy atom. The number of hydrogen-bond donors (Lipinski definition) is 1. The molecule has 0 radical (unpaired) electrons. The van der Waals surface area contributed by atoms with Crippen LogP contribution in [0.15, 0.2) is 5.38 Å². The molecule has 1 aliphatic carbocycles. The number of aryl methyl sites for hydroxylation is 1. The molecule has 0 amide bonds. The molecular weight excluding hydrogens is 254 g/mol. The second kappa shape index (κ2) is 6.33. The van der Waals surface area contributed by atoms with Gasteiger partial charge in [-0.3, -0.25) is 4.90 Å². The van der Waals surface area contributed by atoms with Crippen LogP contribution in [-0.2, 0) is 6.54 Å². The van der Waals surface area contributed by atoms with Crippen molar-refractivity contribution in [3.63, 3.8) is 0 Å². The summed E-state index contributed by atoms with van der Waals surface area (Å²) in [5, 5.41) is 3.33. The fourth-order valence-electron chi connectivity index (χ4n) is 3.39. The normalized spacial score (nSPS) is 27.9. The van der Waals surface area contributed by atoms with Gasteiger partial charge in [-0.25, -0.2) is 4.98 Å². The van der Waals surface area contributed by atoms with E-state index < -0.39 is 0 Å². The smallest absolute Gasteiger partial charge is 0.0897 e. The summed E-state index contributed by atoms with van der Waals surface area (Å²) < 4.78 is 0. The lowest BCUT2D eigenvalue weighted by molar-refractivity contribution is 0.0496. The highest BCUT2D eigenvalue weighted by molar-refractivity contribution is 7.09. The highest BCUT2D eigenvalue weighted by atomic mass is 32.1. The number of thiazole rings is 1. The summed E-state index contributed by atoms with van der Waals surface area (Å²) in [5.41, 5.74) is 7.54. The predicted octanol–water partition coefficient (Wildman–Crippen LogP) is 3.18. The van der Waals surface area contributed by atoms with Crippen molar-refractivity contribution >= 4 is 11.3 Å². The number of rotatable bonds is 5. The average molecular weight is 281 g/mol. The fraction of sp³-hybridized carbons (Fsp3) is 0.800. The molecule has 1 aromatic rings. The van der Waals surface area contributed by atoms with Crippen molar-refractivity contribution in [3.8, 4) is 0 Å². The Hall–Kier alpha value is -0.450. The molecule has 4 heteroatoms. The molecule has 2 N–H and O–H groups in total. The first-order chi connectivity index (χ1) is 9.09. The van der Waals surface area contributed by atoms with Gasteiger partial charge in [0.05, 0.1) is 10.7 Å². The zero-order valence-electron chi connectivity index (χ0n) is 12.5. The Kier molecular flexibility index (Phi) is 4.98. The molecule has 0 spiro atoms. The van der Waals surface area contributed by atoms with Crippen molar-refractivity contribution in [3.05, 3.63) is 16.1 Å². The van der Waals surface area contributed by atoms with Crippen LogP contribution in [0.5, 0.6) is 0 Å². The Morgan fingerprint density at radius 3 is 2.95 bits per heavy atom. The van der Waals surface area contributed by atoms with Gasteiger partial charge in [0, 0.05) is 24.0 Å². The SMILES string of the molecule is CCC1CCCC(CN)(N(C)Cc2csc(C)n2)C1. The lowest BCUT2D eigenvalue weighted by Gasteiger charge is -2.46. The molecule has 0 aromatic carbocycles. The quantitative estimate of drug-likeness (QED) is 0.901. The van der Waals surface area contributed by atoms with Crippen LogP contribution in [0.3, 0.4) is 0 Å². The van der Waals surface area contributed by atoms with Gasteiger partial charge in [-0.05, 0) is 32.7 Å². The Labute approximate surface area is 121 Å². The summed E-state index contributed by atoms with van der Waals surface area (Å²) in [6, 6.07) is 0. The zero-order chi connectivity index (χ0) is 13.9. The van der Waals surface area contributed by atoms with Crippen molar-refractivity contribution in [2.75, 3.05) is 13.6 Å². The maximum atomic E-state index is 6.16. The summed E-state index contributed by atoms with van der Waals surface area (Å²) in [5.74, 6) is 0.844. The number of hydrogen-bond acceptors (Lipinski definition) is 4. The molecule has 108 valence electrons. The molecule has 1 aromatic heterocycles. The molecule has 1 aliphatic rings. The van der Waals surface area contributed by atoms with E-state index in [1.54, 1.807) is 11.3 Å². The van der Waals surface area contributed by atoms with E-state index in [4.69, 9.17) is 5.73 Å². The highest BCUT2D eigenvalue weighted by Gasteiger charge is 2.38. The zero-order valence-corrected chi connectivity index (χ0v) is 13.3. The number of aromatic nitrogens is 1. The van der Waals surface area contributed by atoms with Gasteiger partial charge in [-0.2, -0.15) is 0 Å². The van der Waals surface area contributed by atoms with Gasteiger partial charge < -0.3 is 5.73 Å². The fourth-order valence-corrected chi connectivity index (χ4v) is 3.99. The second-order valence-corrected chi connectivity index (χ2v) is 7.08. The van der Waals surface area contributed by atoms with Gasteiger partial charge in [0.2, 0.25) is 0 Å². The van der Waals surface area contributed by atoms with Gasteiger partial charge in [0.1, 0.15) is 0 Å². The van der Waals surface area contributed by atoms with E-state index in [0.717, 1.165) is 24.0 Å². The van der Waals surface area contributed by atoms with Crippen molar-refractivity contribution in [2.24, 2.45) is 11.7 Å². The van der Waals surface area contributed by atoms with Crippen molar-refractivity contribution < 1.29 is 0 Å². The summed E-state index contributed by atoms with van der Waals surface area (Å²) in [6.07, 6.45) is 6.46. The van der Waals surface area contributed by atoms with Crippen LogP contribution in [0.2, 0.25) is 0 Å². The molecule has 0 saturated heterocycles. The van der Waals surface area contributed by atoms with Crippen molar-refractivity contribution in [1.82, 2.24) is 9.88 Å². The standard InChI is InChI=1S/C15H27N3S/c1-4-13-6-5-7-15(8-13,11-16)18(3)9-14-10-19-12(2)17-14/h10,13H,4-9,11,16H2,1-3H3. The Bertz CT molecular complexity index is 404. The van der Waals surface area contributed by atoms with Gasteiger partial charge in [-0.1, -0.05) is 26.2 Å². The minimum atomic E-state index is 0.191. The molecule has 19 heavy (non-hydrogen) atoms. The first-order valence-corrected chi connectivity index (χ1v) is 8.30. The van der Waals surface area contributed by atoms with E-state index >= 15 is 0 Å². The van der Waals surface area contributed by atoms with Crippen LogP contribution >= 0.6 is 11.3 Å². The van der Waals surface area contributed by atoms with E-state index in [1.807, 2.05) is 0 Å². The first kappa shape index (κ1) is 14.9. The third kappa shape index (κ3) is 3.36. The van der Waals surface area contributed by atoms with Crippen LogP contribution in [-0.4, -0.2) is 29.0 Å². The first-order valence-electron chi connectivity index (χ1n) is 7.42. The van der Waals surface area contributed by atoms with E-state index in [9.17, 15) is 0 Å². The average Bonchev–Trinajstić information content (AvgIpc) is 2.84. The molecule has 2 unspecified atom stereocenters. The van der Waals surface area contributed by atoms with Crippen LogP contribution in [0.4, 0.5) is 0 Å². The Morgan fingerprint density at radius 2 is 2.37 bits per heavy atom. The lowest BCUT2D eigenvalue weighted by Crippen LogP contribution is -2.54. The van der Waals surface area contributed by atoms with Crippen LogP contribution in [0.25, 0.3) is 0 Å². The predicted molar refractivity (Wildman–Crippen MR) is 82.4 cm³/mol. The maximum absolute atomic E-state index is 6.16. The molecular formula is C15H27N3S. The summed E-state index contributed by atoms with van der Waals surface area (Å²) in [6.45, 7) is 6.07. The van der Waals surface area contributed by atoms with Gasteiger partial charge in [0.25, 0.3) is 0 Å². The Balaban J connectivity index is 2.07. The third-order valence-electron chi connectivity index (χ3n) is 4.76. The molecule has 0 bridgehead atoms. The second-order valence-electron chi connectivity index (χ2n) is 6.01. The molecule has 1 fully saturated rings. The number of likely N-dealkylation sites (N-methyl/N-ethyl adjacent to an activating group) is 1. The molecule has 3 nitrogen and oxygen atoms in total. The third-order valence-corrected chi connectivity index (χ3v) is 5.58. The van der Waals surface area contributed by atoms with E-state index in [1.165, 1.54) is 37.8 Å². The van der Waals surface area contributed by atoms with E-state index in [0.29, 0.717) is 0 Å². The number of nitrogens with zero attached hydrogens (tertiary/aromatic N) is 2. The lowest BCUT2D eigenvalue weighted by atomic mass is 9.74. The molecule has 0 aliphatic heterocycles. The van der Waals surface area contributed by atoms with Crippen LogP contribution in [0.1, 0.15) is 49.7 Å². The summed E-state index contributed by atoms with van der Waals surface area (Å²) >= 11 is 1.74. The van der Waals surface area contributed by atoms with E-state index in [-0.39, 0.29) is 5.54 Å². The van der Waals surface area contributed by atoms with Crippen LogP contribution in [0, 0.1) is 12.8 Å². The minimum Gasteiger partial charge on any atom is -0.329 e. The topological polar surface area (TPSA) is 42.1 Å². The molecule has 1 saturated carbocycles. The summed E-state index contributed by atoms with van der Waals surface area (Å²) in [7, 11) is 2.22. The van der Waals surface area contributed by atoms with Crippen LogP contribution < -0.4 is 5.73 Å². The molecule has 1 heterocycles. The monoisotopic (exact) mass is 281 g/mol. The maximum Gasteiger partial charge on any atom is 0.0897 e. The molecule has 2 atom stereocenters. The van der Waals surface area contributed by atoms with E-state index in [2.05, 4.69) is 36.2 Å². The van der Waals surface area contributed by atoms with Gasteiger partial charge in [-0.15, -0.1) is 11.3 Å². The van der Waals surface area contributed by atoms with Gasteiger partial charge >= 0.3 is 0 Å².